The van der Waals surface area contributed by atoms with Crippen LogP contribution in [0.25, 0.3) is 0 Å². The zero-order chi connectivity index (χ0) is 10.1. The molecule has 0 amide bonds. The van der Waals surface area contributed by atoms with E-state index in [0.717, 1.165) is 0 Å². The number of nitrogens with two attached hydrogens (primary N) is 1. The van der Waals surface area contributed by atoms with Gasteiger partial charge in [0.25, 0.3) is 0 Å². The lowest BCUT2D eigenvalue weighted by atomic mass is 10.0. The van der Waals surface area contributed by atoms with E-state index in [1.807, 2.05) is 13.8 Å². The maximum absolute atomic E-state index is 11.0. The second kappa shape index (κ2) is 3.18. The number of esters is 1. The van der Waals surface area contributed by atoms with Crippen molar-refractivity contribution in [3.8, 4) is 0 Å². The van der Waals surface area contributed by atoms with Crippen LogP contribution >= 0.6 is 0 Å². The van der Waals surface area contributed by atoms with Crippen LogP contribution in [0.15, 0.2) is 6.20 Å². The van der Waals surface area contributed by atoms with Gasteiger partial charge in [0.2, 0.25) is 5.82 Å². The van der Waals surface area contributed by atoms with Crippen molar-refractivity contribution in [2.24, 2.45) is 5.73 Å². The Morgan fingerprint density at radius 1 is 1.69 bits per heavy atom. The number of ether oxygens (including phenoxy) is 1. The fraction of sp³-hybridized carbons (Fsp3) is 0.500. The second-order valence-corrected chi connectivity index (χ2v) is 3.36. The smallest absolute Gasteiger partial charge is 0.374 e. The highest BCUT2D eigenvalue weighted by molar-refractivity contribution is 5.85. The van der Waals surface area contributed by atoms with Gasteiger partial charge >= 0.3 is 5.97 Å². The molecule has 0 aliphatic carbocycles. The van der Waals surface area contributed by atoms with Gasteiger partial charge in [-0.1, -0.05) is 0 Å². The average Bonchev–Trinajstić information content (AvgIpc) is 2.50. The molecule has 0 aromatic carbocycles. The molecule has 0 unspecified atom stereocenters. The summed E-state index contributed by atoms with van der Waals surface area (Å²) in [5.74, 6) is -0.313. The first-order valence-electron chi connectivity index (χ1n) is 3.88. The van der Waals surface area contributed by atoms with Gasteiger partial charge in [-0.2, -0.15) is 0 Å². The maximum Gasteiger partial charge on any atom is 0.374 e. The average molecular weight is 183 g/mol. The van der Waals surface area contributed by atoms with Crippen LogP contribution in [0.3, 0.4) is 0 Å². The summed E-state index contributed by atoms with van der Waals surface area (Å²) in [5.41, 5.74) is 5.96. The van der Waals surface area contributed by atoms with Crippen molar-refractivity contribution in [3.63, 3.8) is 0 Å². The van der Waals surface area contributed by atoms with Crippen LogP contribution < -0.4 is 5.73 Å². The van der Waals surface area contributed by atoms with Gasteiger partial charge in [-0.3, -0.25) is 0 Å². The Hall–Kier alpha value is -1.36. The van der Waals surface area contributed by atoms with Gasteiger partial charge in [0, 0.05) is 0 Å². The number of H-pyrrole nitrogens is 1. The Morgan fingerprint density at radius 2 is 2.31 bits per heavy atom. The molecule has 0 aliphatic rings. The van der Waals surface area contributed by atoms with Gasteiger partial charge in [-0.05, 0) is 13.8 Å². The molecule has 0 saturated carbocycles. The van der Waals surface area contributed by atoms with Crippen LogP contribution in [0.1, 0.15) is 30.2 Å². The number of hydrogen-bond acceptors (Lipinski definition) is 4. The Labute approximate surface area is 76.3 Å². The lowest BCUT2D eigenvalue weighted by Gasteiger charge is -2.15. The van der Waals surface area contributed by atoms with Crippen LogP contribution in [0.2, 0.25) is 0 Å². The fourth-order valence-corrected chi connectivity index (χ4v) is 0.849. The largest absolute Gasteiger partial charge is 0.463 e. The normalized spacial score (nSPS) is 11.4. The first-order valence-corrected chi connectivity index (χ1v) is 3.88. The van der Waals surface area contributed by atoms with Gasteiger partial charge in [0.05, 0.1) is 24.5 Å². The first-order chi connectivity index (χ1) is 5.95. The molecule has 0 spiro atoms. The van der Waals surface area contributed by atoms with Crippen molar-refractivity contribution in [2.75, 3.05) is 7.11 Å². The molecule has 0 aliphatic heterocycles. The Morgan fingerprint density at radius 3 is 2.69 bits per heavy atom. The van der Waals surface area contributed by atoms with Crippen molar-refractivity contribution in [1.82, 2.24) is 9.97 Å². The minimum Gasteiger partial charge on any atom is -0.463 e. The third-order valence-corrected chi connectivity index (χ3v) is 1.65. The Bertz CT molecular complexity index is 311. The van der Waals surface area contributed by atoms with Gasteiger partial charge in [-0.25, -0.2) is 9.78 Å². The minimum absolute atomic E-state index is 0.177. The van der Waals surface area contributed by atoms with Crippen molar-refractivity contribution in [2.45, 2.75) is 19.4 Å². The number of nitrogens with one attached hydrogen (secondary N) is 1. The number of carbonyl (C=O) groups is 1. The molecular formula is C8H13N3O2. The van der Waals surface area contributed by atoms with Crippen molar-refractivity contribution in [1.29, 1.82) is 0 Å². The molecule has 1 aromatic heterocycles. The number of aromatic nitrogens is 2. The minimum atomic E-state index is -0.529. The molecule has 13 heavy (non-hydrogen) atoms. The standard InChI is InChI=1S/C8H13N3O2/c1-8(2,9)5-4-10-6(11-5)7(12)13-3/h4H,9H2,1-3H3,(H,10,11). The zero-order valence-electron chi connectivity index (χ0n) is 7.92. The van der Waals surface area contributed by atoms with Crippen molar-refractivity contribution in [3.05, 3.63) is 17.7 Å². The molecule has 0 radical (unpaired) electrons. The first kappa shape index (κ1) is 9.73. The van der Waals surface area contributed by atoms with E-state index in [-0.39, 0.29) is 5.82 Å². The SMILES string of the molecule is COC(=O)c1ncc(C(C)(C)N)[nH]1. The van der Waals surface area contributed by atoms with Gasteiger partial charge in [0.15, 0.2) is 0 Å². The molecule has 5 nitrogen and oxygen atoms in total. The van der Waals surface area contributed by atoms with E-state index < -0.39 is 11.5 Å². The molecule has 0 fully saturated rings. The quantitative estimate of drug-likeness (QED) is 0.650. The van der Waals surface area contributed by atoms with Crippen LogP contribution in [-0.2, 0) is 10.3 Å². The number of methoxy groups -OCH3 is 1. The third-order valence-electron chi connectivity index (χ3n) is 1.65. The van der Waals surface area contributed by atoms with Crippen molar-refractivity contribution >= 4 is 5.97 Å². The molecule has 72 valence electrons. The summed E-state index contributed by atoms with van der Waals surface area (Å²) in [6.45, 7) is 3.64. The maximum atomic E-state index is 11.0. The number of aromatic amines is 1. The molecule has 1 aromatic rings. The molecule has 5 heteroatoms. The number of nitrogens with zero attached hydrogens (tertiary/aromatic N) is 1. The Balaban J connectivity index is 2.93. The summed E-state index contributed by atoms with van der Waals surface area (Å²) >= 11 is 0. The van der Waals surface area contributed by atoms with Crippen LogP contribution in [0.5, 0.6) is 0 Å². The summed E-state index contributed by atoms with van der Waals surface area (Å²) in [7, 11) is 1.30. The molecule has 1 rings (SSSR count). The summed E-state index contributed by atoms with van der Waals surface area (Å²) in [6, 6.07) is 0. The molecule has 0 saturated heterocycles. The summed E-state index contributed by atoms with van der Waals surface area (Å²) < 4.78 is 4.49. The molecule has 0 bridgehead atoms. The molecule has 0 atom stereocenters. The van der Waals surface area contributed by atoms with Crippen LogP contribution in [0.4, 0.5) is 0 Å². The van der Waals surface area contributed by atoms with E-state index in [9.17, 15) is 4.79 Å². The van der Waals surface area contributed by atoms with E-state index in [4.69, 9.17) is 5.73 Å². The van der Waals surface area contributed by atoms with E-state index in [2.05, 4.69) is 14.7 Å². The Kier molecular flexibility index (Phi) is 2.38. The van der Waals surface area contributed by atoms with Gasteiger partial charge in [0.1, 0.15) is 0 Å². The highest BCUT2D eigenvalue weighted by Gasteiger charge is 2.19. The van der Waals surface area contributed by atoms with E-state index in [0.29, 0.717) is 5.69 Å². The van der Waals surface area contributed by atoms with E-state index in [1.54, 1.807) is 0 Å². The van der Waals surface area contributed by atoms with Gasteiger partial charge < -0.3 is 15.5 Å². The number of rotatable bonds is 2. The third kappa shape index (κ3) is 2.06. The topological polar surface area (TPSA) is 81.0 Å². The molecule has 3 N–H and O–H groups in total. The van der Waals surface area contributed by atoms with Crippen LogP contribution in [0, 0.1) is 0 Å². The van der Waals surface area contributed by atoms with Crippen LogP contribution in [-0.4, -0.2) is 23.0 Å². The fourth-order valence-electron chi connectivity index (χ4n) is 0.849. The lowest BCUT2D eigenvalue weighted by molar-refractivity contribution is 0.0588. The molecule has 1 heterocycles. The second-order valence-electron chi connectivity index (χ2n) is 3.36. The summed E-state index contributed by atoms with van der Waals surface area (Å²) in [6.07, 6.45) is 1.53. The predicted molar refractivity (Wildman–Crippen MR) is 47.1 cm³/mol. The summed E-state index contributed by atoms with van der Waals surface area (Å²) in [4.78, 5) is 17.6. The van der Waals surface area contributed by atoms with E-state index in [1.165, 1.54) is 13.3 Å². The monoisotopic (exact) mass is 183 g/mol. The number of carbonyl (C=O) groups excluding carboxylic acids is 1. The van der Waals surface area contributed by atoms with Gasteiger partial charge in [-0.15, -0.1) is 0 Å². The lowest BCUT2D eigenvalue weighted by Crippen LogP contribution is -2.29. The van der Waals surface area contributed by atoms with Crippen molar-refractivity contribution < 1.29 is 9.53 Å². The summed E-state index contributed by atoms with van der Waals surface area (Å²) in [5, 5.41) is 0. The zero-order valence-corrected chi connectivity index (χ0v) is 7.92. The highest BCUT2D eigenvalue weighted by Crippen LogP contribution is 2.13. The number of imidazole rings is 1. The molecular weight excluding hydrogens is 170 g/mol. The predicted octanol–water partition coefficient (Wildman–Crippen LogP) is 0.390. The highest BCUT2D eigenvalue weighted by atomic mass is 16.5. The van der Waals surface area contributed by atoms with E-state index >= 15 is 0 Å². The number of hydrogen-bond donors (Lipinski definition) is 2.